The summed E-state index contributed by atoms with van der Waals surface area (Å²) in [5, 5.41) is 3.69. The Kier molecular flexibility index (Phi) is 3.84. The molecule has 0 radical (unpaired) electrons. The molecule has 0 aliphatic heterocycles. The van der Waals surface area contributed by atoms with Crippen LogP contribution in [0.2, 0.25) is 10.0 Å². The van der Waals surface area contributed by atoms with E-state index in [-0.39, 0.29) is 5.91 Å². The Morgan fingerprint density at radius 1 is 1.22 bits per heavy atom. The van der Waals surface area contributed by atoms with Gasteiger partial charge < -0.3 is 5.32 Å². The van der Waals surface area contributed by atoms with Gasteiger partial charge in [-0.3, -0.25) is 9.78 Å². The minimum atomic E-state index is -0.284. The second-order valence-electron chi connectivity index (χ2n) is 3.72. The number of carbonyl (C=O) groups excluding carboxylic acids is 1. The van der Waals surface area contributed by atoms with Crippen LogP contribution in [0.1, 0.15) is 15.9 Å². The molecule has 2 rings (SSSR count). The van der Waals surface area contributed by atoms with Crippen LogP contribution in [0.4, 0.5) is 5.69 Å². The van der Waals surface area contributed by atoms with E-state index in [4.69, 9.17) is 23.2 Å². The molecular formula is C13H10Cl2N2O. The molecule has 0 atom stereocenters. The highest BCUT2D eigenvalue weighted by atomic mass is 35.5. The number of benzene rings is 1. The van der Waals surface area contributed by atoms with Gasteiger partial charge in [-0.05, 0) is 30.7 Å². The molecule has 1 heterocycles. The molecule has 0 saturated carbocycles. The number of pyridine rings is 1. The first-order valence-electron chi connectivity index (χ1n) is 5.25. The van der Waals surface area contributed by atoms with Gasteiger partial charge >= 0.3 is 0 Å². The molecule has 1 N–H and O–H groups in total. The molecule has 0 saturated heterocycles. The van der Waals surface area contributed by atoms with Crippen molar-refractivity contribution < 1.29 is 4.79 Å². The van der Waals surface area contributed by atoms with Crippen LogP contribution in [-0.4, -0.2) is 10.9 Å². The topological polar surface area (TPSA) is 42.0 Å². The standard InChI is InChI=1S/C13H10Cl2N2O/c1-8-10(14)3-2-4-12(8)17-13(18)9-5-6-16-7-11(9)15/h2-7H,1H3,(H,17,18). The molecule has 18 heavy (non-hydrogen) atoms. The summed E-state index contributed by atoms with van der Waals surface area (Å²) in [5.74, 6) is -0.284. The van der Waals surface area contributed by atoms with Crippen LogP contribution in [0.15, 0.2) is 36.7 Å². The van der Waals surface area contributed by atoms with Gasteiger partial charge in [-0.2, -0.15) is 0 Å². The Morgan fingerprint density at radius 3 is 2.72 bits per heavy atom. The van der Waals surface area contributed by atoms with Gasteiger partial charge in [0.2, 0.25) is 0 Å². The number of halogens is 2. The van der Waals surface area contributed by atoms with Gasteiger partial charge in [0.25, 0.3) is 5.91 Å². The van der Waals surface area contributed by atoms with Crippen molar-refractivity contribution >= 4 is 34.8 Å². The normalized spacial score (nSPS) is 10.2. The highest BCUT2D eigenvalue weighted by molar-refractivity contribution is 6.34. The van der Waals surface area contributed by atoms with Crippen molar-refractivity contribution in [2.45, 2.75) is 6.92 Å². The Hall–Kier alpha value is -1.58. The molecule has 1 aromatic carbocycles. The summed E-state index contributed by atoms with van der Waals surface area (Å²) >= 11 is 11.9. The van der Waals surface area contributed by atoms with Gasteiger partial charge in [0.15, 0.2) is 0 Å². The smallest absolute Gasteiger partial charge is 0.257 e. The van der Waals surface area contributed by atoms with E-state index in [0.29, 0.717) is 21.3 Å². The zero-order chi connectivity index (χ0) is 13.1. The second kappa shape index (κ2) is 5.38. The third kappa shape index (κ3) is 2.63. The predicted molar refractivity (Wildman–Crippen MR) is 73.4 cm³/mol. The van der Waals surface area contributed by atoms with Gasteiger partial charge in [0, 0.05) is 23.1 Å². The number of amides is 1. The van der Waals surface area contributed by atoms with Crippen LogP contribution in [0.3, 0.4) is 0 Å². The Morgan fingerprint density at radius 2 is 2.00 bits per heavy atom. The van der Waals surface area contributed by atoms with Gasteiger partial charge in [-0.15, -0.1) is 0 Å². The van der Waals surface area contributed by atoms with E-state index in [0.717, 1.165) is 5.56 Å². The lowest BCUT2D eigenvalue weighted by Crippen LogP contribution is -2.13. The number of rotatable bonds is 2. The summed E-state index contributed by atoms with van der Waals surface area (Å²) in [4.78, 5) is 15.9. The average Bonchev–Trinajstić information content (AvgIpc) is 2.35. The number of anilines is 1. The van der Waals surface area contributed by atoms with E-state index in [9.17, 15) is 4.79 Å². The molecule has 0 aliphatic carbocycles. The van der Waals surface area contributed by atoms with Crippen LogP contribution < -0.4 is 5.32 Å². The second-order valence-corrected chi connectivity index (χ2v) is 4.54. The molecule has 92 valence electrons. The minimum Gasteiger partial charge on any atom is -0.322 e. The number of nitrogens with one attached hydrogen (secondary N) is 1. The van der Waals surface area contributed by atoms with Crippen LogP contribution in [-0.2, 0) is 0 Å². The fraction of sp³-hybridized carbons (Fsp3) is 0.0769. The number of nitrogens with zero attached hydrogens (tertiary/aromatic N) is 1. The van der Waals surface area contributed by atoms with Crippen molar-refractivity contribution in [3.63, 3.8) is 0 Å². The van der Waals surface area contributed by atoms with E-state index < -0.39 is 0 Å². The summed E-state index contributed by atoms with van der Waals surface area (Å²) < 4.78 is 0. The number of hydrogen-bond donors (Lipinski definition) is 1. The fourth-order valence-electron chi connectivity index (χ4n) is 1.49. The summed E-state index contributed by atoms with van der Waals surface area (Å²) in [5.41, 5.74) is 1.86. The van der Waals surface area contributed by atoms with E-state index in [1.807, 2.05) is 6.92 Å². The molecule has 1 aromatic heterocycles. The first-order valence-corrected chi connectivity index (χ1v) is 6.01. The quantitative estimate of drug-likeness (QED) is 0.905. The van der Waals surface area contributed by atoms with Crippen LogP contribution in [0.5, 0.6) is 0 Å². The van der Waals surface area contributed by atoms with E-state index in [1.165, 1.54) is 12.4 Å². The lowest BCUT2D eigenvalue weighted by Gasteiger charge is -2.10. The lowest BCUT2D eigenvalue weighted by atomic mass is 10.2. The molecule has 5 heteroatoms. The van der Waals surface area contributed by atoms with Crippen LogP contribution >= 0.6 is 23.2 Å². The van der Waals surface area contributed by atoms with Crippen molar-refractivity contribution in [3.8, 4) is 0 Å². The highest BCUT2D eigenvalue weighted by Crippen LogP contribution is 2.24. The summed E-state index contributed by atoms with van der Waals surface area (Å²) in [6.07, 6.45) is 2.95. The number of aromatic nitrogens is 1. The van der Waals surface area contributed by atoms with Crippen molar-refractivity contribution in [3.05, 3.63) is 57.8 Å². The van der Waals surface area contributed by atoms with E-state index in [2.05, 4.69) is 10.3 Å². The largest absolute Gasteiger partial charge is 0.322 e. The summed E-state index contributed by atoms with van der Waals surface area (Å²) in [7, 11) is 0. The van der Waals surface area contributed by atoms with Gasteiger partial charge in [-0.1, -0.05) is 29.3 Å². The van der Waals surface area contributed by atoms with Crippen LogP contribution in [0, 0.1) is 6.92 Å². The molecule has 0 fully saturated rings. The Labute approximate surface area is 115 Å². The molecule has 1 amide bonds. The maximum Gasteiger partial charge on any atom is 0.257 e. The molecule has 0 bridgehead atoms. The molecule has 0 aliphatic rings. The van der Waals surface area contributed by atoms with E-state index in [1.54, 1.807) is 24.3 Å². The SMILES string of the molecule is Cc1c(Cl)cccc1NC(=O)c1ccncc1Cl. The fourth-order valence-corrected chi connectivity index (χ4v) is 1.87. The monoisotopic (exact) mass is 280 g/mol. The van der Waals surface area contributed by atoms with Gasteiger partial charge in [-0.25, -0.2) is 0 Å². The first-order chi connectivity index (χ1) is 8.59. The maximum absolute atomic E-state index is 12.0. The maximum atomic E-state index is 12.0. The van der Waals surface area contributed by atoms with E-state index >= 15 is 0 Å². The highest BCUT2D eigenvalue weighted by Gasteiger charge is 2.11. The molecule has 0 unspecified atom stereocenters. The van der Waals surface area contributed by atoms with Crippen molar-refractivity contribution in [1.82, 2.24) is 4.98 Å². The van der Waals surface area contributed by atoms with Crippen molar-refractivity contribution in [1.29, 1.82) is 0 Å². The first kappa shape index (κ1) is 12.9. The zero-order valence-electron chi connectivity index (χ0n) is 9.58. The summed E-state index contributed by atoms with van der Waals surface area (Å²) in [6.45, 7) is 1.84. The van der Waals surface area contributed by atoms with Gasteiger partial charge in [0.1, 0.15) is 0 Å². The average molecular weight is 281 g/mol. The third-order valence-corrected chi connectivity index (χ3v) is 3.24. The molecule has 2 aromatic rings. The van der Waals surface area contributed by atoms with Gasteiger partial charge in [0.05, 0.1) is 10.6 Å². The molecular weight excluding hydrogens is 271 g/mol. The van der Waals surface area contributed by atoms with Crippen molar-refractivity contribution in [2.75, 3.05) is 5.32 Å². The molecule has 3 nitrogen and oxygen atoms in total. The Bertz CT molecular complexity index is 599. The minimum absolute atomic E-state index is 0.284. The lowest BCUT2D eigenvalue weighted by molar-refractivity contribution is 0.102. The third-order valence-electron chi connectivity index (χ3n) is 2.53. The number of hydrogen-bond acceptors (Lipinski definition) is 2. The zero-order valence-corrected chi connectivity index (χ0v) is 11.1. The summed E-state index contributed by atoms with van der Waals surface area (Å²) in [6, 6.07) is 6.90. The predicted octanol–water partition coefficient (Wildman–Crippen LogP) is 3.95. The van der Waals surface area contributed by atoms with Crippen LogP contribution in [0.25, 0.3) is 0 Å². The number of carbonyl (C=O) groups is 1. The van der Waals surface area contributed by atoms with Crippen molar-refractivity contribution in [2.24, 2.45) is 0 Å². The molecule has 0 spiro atoms. The Balaban J connectivity index is 2.27.